The van der Waals surface area contributed by atoms with Gasteiger partial charge in [0.1, 0.15) is 5.75 Å². The second kappa shape index (κ2) is 5.19. The Bertz CT molecular complexity index is 412. The molecule has 1 unspecified atom stereocenters. The number of benzene rings is 1. The van der Waals surface area contributed by atoms with Crippen LogP contribution in [-0.2, 0) is 0 Å². The van der Waals surface area contributed by atoms with Crippen molar-refractivity contribution in [2.75, 3.05) is 13.1 Å². The van der Waals surface area contributed by atoms with E-state index in [4.69, 9.17) is 0 Å². The summed E-state index contributed by atoms with van der Waals surface area (Å²) in [6, 6.07) is 5.29. The van der Waals surface area contributed by atoms with E-state index in [9.17, 15) is 9.90 Å². The van der Waals surface area contributed by atoms with Gasteiger partial charge in [-0.25, -0.2) is 0 Å². The molecule has 0 aliphatic carbocycles. The van der Waals surface area contributed by atoms with Crippen LogP contribution in [0.5, 0.6) is 5.75 Å². The molecule has 2 rings (SSSR count). The molecule has 0 aromatic heterocycles. The van der Waals surface area contributed by atoms with Crippen molar-refractivity contribution in [3.8, 4) is 5.75 Å². The first-order valence-corrected chi connectivity index (χ1v) is 5.98. The van der Waals surface area contributed by atoms with Crippen LogP contribution in [0.1, 0.15) is 28.8 Å². The lowest BCUT2D eigenvalue weighted by Crippen LogP contribution is -2.37. The Morgan fingerprint density at radius 3 is 3.06 bits per heavy atom. The van der Waals surface area contributed by atoms with E-state index < -0.39 is 0 Å². The van der Waals surface area contributed by atoms with E-state index in [-0.39, 0.29) is 11.7 Å². The Morgan fingerprint density at radius 2 is 2.41 bits per heavy atom. The fourth-order valence-electron chi connectivity index (χ4n) is 2.05. The molecule has 17 heavy (non-hydrogen) atoms. The lowest BCUT2D eigenvalue weighted by Gasteiger charge is -2.11. The van der Waals surface area contributed by atoms with Crippen LogP contribution < -0.4 is 10.6 Å². The van der Waals surface area contributed by atoms with Gasteiger partial charge in [-0.15, -0.1) is 0 Å². The van der Waals surface area contributed by atoms with Gasteiger partial charge in [-0.2, -0.15) is 0 Å². The summed E-state index contributed by atoms with van der Waals surface area (Å²) in [5, 5.41) is 15.6. The van der Waals surface area contributed by atoms with Crippen molar-refractivity contribution in [3.05, 3.63) is 29.3 Å². The molecule has 1 aliphatic heterocycles. The fraction of sp³-hybridized carbons (Fsp3) is 0.462. The van der Waals surface area contributed by atoms with Crippen LogP contribution >= 0.6 is 0 Å². The SMILES string of the molecule is Cc1cc(C(=O)NCC2CCCN2)ccc1O. The second-order valence-corrected chi connectivity index (χ2v) is 4.50. The fourth-order valence-corrected chi connectivity index (χ4v) is 2.05. The zero-order chi connectivity index (χ0) is 12.3. The first kappa shape index (κ1) is 11.9. The van der Waals surface area contributed by atoms with Gasteiger partial charge >= 0.3 is 0 Å². The van der Waals surface area contributed by atoms with Gasteiger partial charge in [0, 0.05) is 18.2 Å². The molecule has 0 saturated carbocycles. The second-order valence-electron chi connectivity index (χ2n) is 4.50. The summed E-state index contributed by atoms with van der Waals surface area (Å²) in [6.45, 7) is 3.49. The van der Waals surface area contributed by atoms with E-state index >= 15 is 0 Å². The Hall–Kier alpha value is -1.55. The summed E-state index contributed by atoms with van der Waals surface area (Å²) >= 11 is 0. The molecule has 1 atom stereocenters. The number of rotatable bonds is 3. The molecule has 1 aromatic carbocycles. The summed E-state index contributed by atoms with van der Waals surface area (Å²) in [5.74, 6) is 0.140. The largest absolute Gasteiger partial charge is 0.508 e. The summed E-state index contributed by atoms with van der Waals surface area (Å²) in [7, 11) is 0. The van der Waals surface area contributed by atoms with Crippen molar-refractivity contribution in [1.29, 1.82) is 0 Å². The molecule has 0 spiro atoms. The highest BCUT2D eigenvalue weighted by Crippen LogP contribution is 2.16. The minimum atomic E-state index is -0.0817. The first-order chi connectivity index (χ1) is 8.16. The van der Waals surface area contributed by atoms with Gasteiger partial charge in [-0.05, 0) is 50.1 Å². The topological polar surface area (TPSA) is 61.4 Å². The highest BCUT2D eigenvalue weighted by atomic mass is 16.3. The molecule has 3 N–H and O–H groups in total. The smallest absolute Gasteiger partial charge is 0.251 e. The van der Waals surface area contributed by atoms with Gasteiger partial charge in [-0.3, -0.25) is 4.79 Å². The number of carbonyl (C=O) groups is 1. The van der Waals surface area contributed by atoms with Crippen LogP contribution in [0.4, 0.5) is 0 Å². The summed E-state index contributed by atoms with van der Waals surface area (Å²) in [5.41, 5.74) is 1.31. The van der Waals surface area contributed by atoms with E-state index in [2.05, 4.69) is 10.6 Å². The van der Waals surface area contributed by atoms with Crippen molar-refractivity contribution < 1.29 is 9.90 Å². The predicted octanol–water partition coefficient (Wildman–Crippen LogP) is 1.18. The zero-order valence-corrected chi connectivity index (χ0v) is 9.99. The molecule has 92 valence electrons. The summed E-state index contributed by atoms with van der Waals surface area (Å²) < 4.78 is 0. The van der Waals surface area contributed by atoms with Crippen LogP contribution in [0, 0.1) is 6.92 Å². The number of hydrogen-bond donors (Lipinski definition) is 3. The maximum Gasteiger partial charge on any atom is 0.251 e. The third kappa shape index (κ3) is 2.97. The number of amides is 1. The average molecular weight is 234 g/mol. The minimum Gasteiger partial charge on any atom is -0.508 e. The van der Waals surface area contributed by atoms with Gasteiger partial charge in [0.05, 0.1) is 0 Å². The van der Waals surface area contributed by atoms with Gasteiger partial charge < -0.3 is 15.7 Å². The summed E-state index contributed by atoms with van der Waals surface area (Å²) in [6.07, 6.45) is 2.30. The molecule has 1 amide bonds. The summed E-state index contributed by atoms with van der Waals surface area (Å²) in [4.78, 5) is 11.8. The lowest BCUT2D eigenvalue weighted by atomic mass is 10.1. The molecular formula is C13H18N2O2. The number of phenolic OH excluding ortho intramolecular Hbond substituents is 1. The molecule has 4 nitrogen and oxygen atoms in total. The third-order valence-electron chi connectivity index (χ3n) is 3.13. The van der Waals surface area contributed by atoms with E-state index in [0.717, 1.165) is 18.5 Å². The molecule has 1 saturated heterocycles. The predicted molar refractivity (Wildman–Crippen MR) is 66.2 cm³/mol. The van der Waals surface area contributed by atoms with Crippen LogP contribution in [0.3, 0.4) is 0 Å². The highest BCUT2D eigenvalue weighted by Gasteiger charge is 2.15. The van der Waals surface area contributed by atoms with Gasteiger partial charge in [0.2, 0.25) is 0 Å². The van der Waals surface area contributed by atoms with Gasteiger partial charge in [0.25, 0.3) is 5.91 Å². The number of nitrogens with one attached hydrogen (secondary N) is 2. The van der Waals surface area contributed by atoms with E-state index in [1.54, 1.807) is 25.1 Å². The number of hydrogen-bond acceptors (Lipinski definition) is 3. The average Bonchev–Trinajstić information content (AvgIpc) is 2.82. The molecular weight excluding hydrogens is 216 g/mol. The van der Waals surface area contributed by atoms with Crippen molar-refractivity contribution in [2.45, 2.75) is 25.8 Å². The quantitative estimate of drug-likeness (QED) is 0.736. The van der Waals surface area contributed by atoms with E-state index in [1.165, 1.54) is 6.42 Å². The number of aryl methyl sites for hydroxylation is 1. The molecule has 4 heteroatoms. The Labute approximate surface area is 101 Å². The van der Waals surface area contributed by atoms with Crippen molar-refractivity contribution in [1.82, 2.24) is 10.6 Å². The molecule has 1 aliphatic rings. The Balaban J connectivity index is 1.92. The number of aromatic hydroxyl groups is 1. The normalized spacial score (nSPS) is 19.2. The maximum atomic E-state index is 11.8. The lowest BCUT2D eigenvalue weighted by molar-refractivity contribution is 0.0950. The first-order valence-electron chi connectivity index (χ1n) is 5.98. The minimum absolute atomic E-state index is 0.0817. The standard InChI is InChI=1S/C13H18N2O2/c1-9-7-10(4-5-12(9)16)13(17)15-8-11-3-2-6-14-11/h4-5,7,11,14,16H,2-3,6,8H2,1H3,(H,15,17). The van der Waals surface area contributed by atoms with Crippen molar-refractivity contribution >= 4 is 5.91 Å². The highest BCUT2D eigenvalue weighted by molar-refractivity contribution is 5.94. The molecule has 1 fully saturated rings. The maximum absolute atomic E-state index is 11.8. The van der Waals surface area contributed by atoms with E-state index in [0.29, 0.717) is 18.2 Å². The van der Waals surface area contributed by atoms with E-state index in [1.807, 2.05) is 0 Å². The molecule has 1 heterocycles. The Kier molecular flexibility index (Phi) is 3.64. The van der Waals surface area contributed by atoms with Crippen LogP contribution in [0.2, 0.25) is 0 Å². The van der Waals surface area contributed by atoms with Crippen LogP contribution in [0.15, 0.2) is 18.2 Å². The molecule has 0 bridgehead atoms. The van der Waals surface area contributed by atoms with Crippen molar-refractivity contribution in [2.24, 2.45) is 0 Å². The molecule has 1 aromatic rings. The van der Waals surface area contributed by atoms with Crippen LogP contribution in [0.25, 0.3) is 0 Å². The molecule has 0 radical (unpaired) electrons. The number of carbonyl (C=O) groups excluding carboxylic acids is 1. The monoisotopic (exact) mass is 234 g/mol. The van der Waals surface area contributed by atoms with Gasteiger partial charge in [-0.1, -0.05) is 0 Å². The Morgan fingerprint density at radius 1 is 1.59 bits per heavy atom. The third-order valence-corrected chi connectivity index (χ3v) is 3.13. The zero-order valence-electron chi connectivity index (χ0n) is 9.99. The van der Waals surface area contributed by atoms with Gasteiger partial charge in [0.15, 0.2) is 0 Å². The van der Waals surface area contributed by atoms with Crippen LogP contribution in [-0.4, -0.2) is 30.1 Å². The van der Waals surface area contributed by atoms with Crippen molar-refractivity contribution in [3.63, 3.8) is 0 Å². The number of phenols is 1.